The molecule has 2 N–H and O–H groups in total. The van der Waals surface area contributed by atoms with Gasteiger partial charge in [0.25, 0.3) is 0 Å². The second-order valence-electron chi connectivity index (χ2n) is 4.65. The van der Waals surface area contributed by atoms with Crippen LogP contribution in [0.25, 0.3) is 0 Å². The Labute approximate surface area is 122 Å². The number of hydrogen-bond acceptors (Lipinski definition) is 4. The minimum atomic E-state index is -1.10. The van der Waals surface area contributed by atoms with E-state index in [1.165, 1.54) is 0 Å². The molecule has 20 heavy (non-hydrogen) atoms. The molecule has 0 aliphatic heterocycles. The lowest BCUT2D eigenvalue weighted by molar-refractivity contribution is 0.0716. The van der Waals surface area contributed by atoms with Gasteiger partial charge in [-0.2, -0.15) is 5.26 Å². The van der Waals surface area contributed by atoms with Gasteiger partial charge in [-0.25, -0.2) is 4.98 Å². The smallest absolute Gasteiger partial charge is 0.140 e. The fourth-order valence-corrected chi connectivity index (χ4v) is 2.17. The number of nitriles is 1. The molecule has 0 fully saturated rings. The predicted molar refractivity (Wildman–Crippen MR) is 78.5 cm³/mol. The molecule has 0 spiro atoms. The molecule has 5 heteroatoms. The van der Waals surface area contributed by atoms with Gasteiger partial charge < -0.3 is 10.4 Å². The number of aliphatic hydroxyl groups is 1. The summed E-state index contributed by atoms with van der Waals surface area (Å²) in [7, 11) is 0. The van der Waals surface area contributed by atoms with E-state index < -0.39 is 5.60 Å². The van der Waals surface area contributed by atoms with E-state index in [0.29, 0.717) is 16.3 Å². The maximum Gasteiger partial charge on any atom is 0.140 e. The highest BCUT2D eigenvalue weighted by Crippen LogP contribution is 2.28. The van der Waals surface area contributed by atoms with E-state index in [4.69, 9.17) is 16.9 Å². The van der Waals surface area contributed by atoms with Crippen molar-refractivity contribution < 1.29 is 5.11 Å². The molecule has 0 aliphatic rings. The van der Waals surface area contributed by atoms with E-state index in [0.717, 1.165) is 5.69 Å². The minimum Gasteiger partial charge on any atom is -0.384 e. The zero-order valence-corrected chi connectivity index (χ0v) is 11.7. The van der Waals surface area contributed by atoms with Crippen molar-refractivity contribution in [2.45, 2.75) is 12.5 Å². The Morgan fingerprint density at radius 3 is 2.70 bits per heavy atom. The second kappa shape index (κ2) is 5.91. The molecule has 0 saturated carbocycles. The summed E-state index contributed by atoms with van der Waals surface area (Å²) in [6, 6.07) is 12.5. The molecule has 2 rings (SSSR count). The first-order valence-corrected chi connectivity index (χ1v) is 6.48. The van der Waals surface area contributed by atoms with Gasteiger partial charge in [-0.3, -0.25) is 0 Å². The summed E-state index contributed by atoms with van der Waals surface area (Å²) in [6.07, 6.45) is 1.56. The van der Waals surface area contributed by atoms with E-state index in [-0.39, 0.29) is 6.54 Å². The van der Waals surface area contributed by atoms with Gasteiger partial charge in [0.2, 0.25) is 0 Å². The summed E-state index contributed by atoms with van der Waals surface area (Å²) in [4.78, 5) is 3.96. The maximum atomic E-state index is 10.5. The molecule has 1 atom stereocenters. The van der Waals surface area contributed by atoms with Crippen molar-refractivity contribution in [3.8, 4) is 6.07 Å². The van der Waals surface area contributed by atoms with E-state index in [1.54, 1.807) is 37.4 Å². The Morgan fingerprint density at radius 2 is 2.10 bits per heavy atom. The van der Waals surface area contributed by atoms with Crippen LogP contribution in [0.4, 0.5) is 5.69 Å². The minimum absolute atomic E-state index is 0.282. The normalized spacial score (nSPS) is 13.3. The van der Waals surface area contributed by atoms with Crippen molar-refractivity contribution in [3.05, 3.63) is 58.9 Å². The molecular formula is C15H14ClN3O. The number of pyridine rings is 1. The average Bonchev–Trinajstić information content (AvgIpc) is 2.46. The first-order chi connectivity index (χ1) is 9.53. The number of nitrogens with one attached hydrogen (secondary N) is 1. The first kappa shape index (κ1) is 14.3. The monoisotopic (exact) mass is 287 g/mol. The lowest BCUT2D eigenvalue weighted by atomic mass is 9.96. The summed E-state index contributed by atoms with van der Waals surface area (Å²) in [6.45, 7) is 1.97. The fraction of sp³-hybridized carbons (Fsp3) is 0.200. The van der Waals surface area contributed by atoms with Gasteiger partial charge >= 0.3 is 0 Å². The summed E-state index contributed by atoms with van der Waals surface area (Å²) < 4.78 is 0. The van der Waals surface area contributed by atoms with Crippen LogP contribution in [0, 0.1) is 11.3 Å². The fourth-order valence-electron chi connectivity index (χ4n) is 1.83. The molecule has 1 heterocycles. The third-order valence-electron chi connectivity index (χ3n) is 2.97. The average molecular weight is 288 g/mol. The molecule has 0 unspecified atom stereocenters. The second-order valence-corrected chi connectivity index (χ2v) is 5.06. The van der Waals surface area contributed by atoms with E-state index in [9.17, 15) is 5.11 Å². The van der Waals surface area contributed by atoms with Crippen LogP contribution in [0.2, 0.25) is 5.02 Å². The molecule has 0 saturated heterocycles. The maximum absolute atomic E-state index is 10.5. The number of hydrogen-bond donors (Lipinski definition) is 2. The van der Waals surface area contributed by atoms with Gasteiger partial charge in [0, 0.05) is 17.1 Å². The summed E-state index contributed by atoms with van der Waals surface area (Å²) in [5, 5.41) is 22.8. The lowest BCUT2D eigenvalue weighted by Crippen LogP contribution is -2.31. The molecule has 0 aliphatic carbocycles. The number of nitrogens with zero attached hydrogens (tertiary/aromatic N) is 2. The zero-order chi connectivity index (χ0) is 14.6. The number of rotatable bonds is 4. The van der Waals surface area contributed by atoms with Crippen molar-refractivity contribution in [1.29, 1.82) is 5.26 Å². The van der Waals surface area contributed by atoms with Gasteiger partial charge in [0.1, 0.15) is 17.4 Å². The Morgan fingerprint density at radius 1 is 1.35 bits per heavy atom. The molecule has 2 aromatic rings. The van der Waals surface area contributed by atoms with Crippen molar-refractivity contribution in [2.24, 2.45) is 0 Å². The van der Waals surface area contributed by atoms with Gasteiger partial charge in [-0.1, -0.05) is 29.8 Å². The largest absolute Gasteiger partial charge is 0.384 e. The Kier molecular flexibility index (Phi) is 4.23. The number of anilines is 1. The van der Waals surface area contributed by atoms with Crippen LogP contribution in [0.3, 0.4) is 0 Å². The number of benzene rings is 1. The third kappa shape index (κ3) is 3.27. The lowest BCUT2D eigenvalue weighted by Gasteiger charge is -2.25. The standard InChI is InChI=1S/C15H14ClN3O/c1-15(20,13-4-2-3-5-14(13)16)10-19-12-7-6-11(8-17)18-9-12/h2-7,9,19-20H,10H2,1H3/t15-/m0/s1. The quantitative estimate of drug-likeness (QED) is 0.907. The van der Waals surface area contributed by atoms with Crippen LogP contribution < -0.4 is 5.32 Å². The number of aromatic nitrogens is 1. The van der Waals surface area contributed by atoms with Crippen LogP contribution in [-0.4, -0.2) is 16.6 Å². The highest BCUT2D eigenvalue weighted by Gasteiger charge is 2.25. The summed E-state index contributed by atoms with van der Waals surface area (Å²) in [5.41, 5.74) is 0.646. The van der Waals surface area contributed by atoms with Crippen LogP contribution in [0.5, 0.6) is 0 Å². The molecule has 0 bridgehead atoms. The van der Waals surface area contributed by atoms with Gasteiger partial charge in [-0.15, -0.1) is 0 Å². The van der Waals surface area contributed by atoms with Crippen LogP contribution in [0.15, 0.2) is 42.6 Å². The highest BCUT2D eigenvalue weighted by molar-refractivity contribution is 6.31. The highest BCUT2D eigenvalue weighted by atomic mass is 35.5. The van der Waals surface area contributed by atoms with Gasteiger partial charge in [-0.05, 0) is 25.1 Å². The van der Waals surface area contributed by atoms with Crippen LogP contribution >= 0.6 is 11.6 Å². The Balaban J connectivity index is 2.09. The van der Waals surface area contributed by atoms with Crippen molar-refractivity contribution in [1.82, 2.24) is 4.98 Å². The molecule has 0 radical (unpaired) electrons. The summed E-state index contributed by atoms with van der Waals surface area (Å²) >= 11 is 6.09. The third-order valence-corrected chi connectivity index (χ3v) is 3.30. The van der Waals surface area contributed by atoms with Gasteiger partial charge in [0.05, 0.1) is 11.9 Å². The summed E-state index contributed by atoms with van der Waals surface area (Å²) in [5.74, 6) is 0. The van der Waals surface area contributed by atoms with Crippen LogP contribution in [-0.2, 0) is 5.60 Å². The predicted octanol–water partition coefficient (Wildman–Crippen LogP) is 2.93. The Bertz CT molecular complexity index is 632. The van der Waals surface area contributed by atoms with E-state index in [1.807, 2.05) is 18.2 Å². The SMILES string of the molecule is C[C@](O)(CNc1ccc(C#N)nc1)c1ccccc1Cl. The topological polar surface area (TPSA) is 68.9 Å². The first-order valence-electron chi connectivity index (χ1n) is 6.10. The van der Waals surface area contributed by atoms with Crippen LogP contribution in [0.1, 0.15) is 18.2 Å². The number of halogens is 1. The van der Waals surface area contributed by atoms with Crippen molar-refractivity contribution >= 4 is 17.3 Å². The molecule has 102 valence electrons. The molecule has 1 aromatic heterocycles. The molecule has 1 aromatic carbocycles. The van der Waals surface area contributed by atoms with Crippen molar-refractivity contribution in [3.63, 3.8) is 0 Å². The molecule has 0 amide bonds. The van der Waals surface area contributed by atoms with E-state index in [2.05, 4.69) is 10.3 Å². The zero-order valence-electron chi connectivity index (χ0n) is 11.0. The Hall–Kier alpha value is -2.09. The van der Waals surface area contributed by atoms with E-state index >= 15 is 0 Å². The molecular weight excluding hydrogens is 274 g/mol. The molecule has 4 nitrogen and oxygen atoms in total. The van der Waals surface area contributed by atoms with Crippen molar-refractivity contribution in [2.75, 3.05) is 11.9 Å². The van der Waals surface area contributed by atoms with Gasteiger partial charge in [0.15, 0.2) is 0 Å².